The molecule has 0 amide bonds. The summed E-state index contributed by atoms with van der Waals surface area (Å²) in [5.41, 5.74) is 0. The smallest absolute Gasteiger partial charge is 0.219 e. The maximum absolute atomic E-state index is 8.91. The topological polar surface area (TPSA) is 51.6 Å². The maximum atomic E-state index is 8.91. The second-order valence-corrected chi connectivity index (χ2v) is 4.91. The highest BCUT2D eigenvalue weighted by atomic mass is 79.9. The molecule has 0 bridgehead atoms. The second-order valence-electron chi connectivity index (χ2n) is 4.00. The zero-order chi connectivity index (χ0) is 13.7. The first-order chi connectivity index (χ1) is 9.17. The monoisotopic (exact) mass is 323 g/mol. The number of hydrogen-bond donors (Lipinski definition) is 1. The van der Waals surface area contributed by atoms with Crippen molar-refractivity contribution in [3.8, 4) is 17.4 Å². The second kappa shape index (κ2) is 6.54. The Hall–Kier alpha value is -1.59. The van der Waals surface area contributed by atoms with Crippen LogP contribution < -0.4 is 9.47 Å². The molecule has 0 aliphatic heterocycles. The number of ether oxygens (including phenoxy) is 2. The van der Waals surface area contributed by atoms with Crippen molar-refractivity contribution in [1.29, 1.82) is 0 Å². The van der Waals surface area contributed by atoms with Crippen LogP contribution in [0.2, 0.25) is 0 Å². The molecule has 1 heterocycles. The number of aliphatic hydroxyl groups excluding tert-OH is 1. The summed E-state index contributed by atoms with van der Waals surface area (Å²) in [6, 6.07) is 10.8. The van der Waals surface area contributed by atoms with E-state index >= 15 is 0 Å². The summed E-state index contributed by atoms with van der Waals surface area (Å²) < 4.78 is 11.9. The molecule has 0 fully saturated rings. The molecule has 19 heavy (non-hydrogen) atoms. The van der Waals surface area contributed by atoms with Gasteiger partial charge in [0.15, 0.2) is 0 Å². The lowest BCUT2D eigenvalue weighted by Crippen LogP contribution is -2.15. The van der Waals surface area contributed by atoms with Crippen LogP contribution in [0.1, 0.15) is 6.92 Å². The number of aliphatic hydroxyl groups is 1. The molecule has 1 unspecified atom stereocenters. The van der Waals surface area contributed by atoms with E-state index in [4.69, 9.17) is 14.6 Å². The van der Waals surface area contributed by atoms with Crippen molar-refractivity contribution in [3.05, 3.63) is 47.1 Å². The molecule has 0 saturated carbocycles. The van der Waals surface area contributed by atoms with E-state index in [1.807, 2.05) is 6.07 Å². The van der Waals surface area contributed by atoms with Crippen molar-refractivity contribution in [3.63, 3.8) is 0 Å². The van der Waals surface area contributed by atoms with Crippen LogP contribution in [-0.2, 0) is 0 Å². The first-order valence-electron chi connectivity index (χ1n) is 5.84. The van der Waals surface area contributed by atoms with Crippen LogP contribution in [-0.4, -0.2) is 22.8 Å². The molecule has 1 aromatic heterocycles. The van der Waals surface area contributed by atoms with Gasteiger partial charge < -0.3 is 14.6 Å². The van der Waals surface area contributed by atoms with Gasteiger partial charge in [-0.1, -0.05) is 0 Å². The average molecular weight is 324 g/mol. The predicted molar refractivity (Wildman–Crippen MR) is 75.6 cm³/mol. The summed E-state index contributed by atoms with van der Waals surface area (Å²) in [5.74, 6) is 1.90. The minimum atomic E-state index is -0.222. The van der Waals surface area contributed by atoms with Gasteiger partial charge in [-0.3, -0.25) is 0 Å². The van der Waals surface area contributed by atoms with Crippen LogP contribution in [0.25, 0.3) is 0 Å². The Morgan fingerprint density at radius 3 is 2.42 bits per heavy atom. The maximum Gasteiger partial charge on any atom is 0.219 e. The molecule has 1 atom stereocenters. The Morgan fingerprint density at radius 2 is 1.84 bits per heavy atom. The summed E-state index contributed by atoms with van der Waals surface area (Å²) >= 11 is 3.32. The SMILES string of the molecule is CC(CO)Oc1ccc(Oc2ccc(Br)cn2)cc1. The Bertz CT molecular complexity index is 513. The molecule has 2 aromatic rings. The molecule has 1 N–H and O–H groups in total. The van der Waals surface area contributed by atoms with Gasteiger partial charge >= 0.3 is 0 Å². The van der Waals surface area contributed by atoms with Gasteiger partial charge in [-0.15, -0.1) is 0 Å². The van der Waals surface area contributed by atoms with Crippen molar-refractivity contribution in [2.45, 2.75) is 13.0 Å². The quantitative estimate of drug-likeness (QED) is 0.916. The lowest BCUT2D eigenvalue weighted by molar-refractivity contribution is 0.129. The molecule has 0 spiro atoms. The number of benzene rings is 1. The number of pyridine rings is 1. The molecule has 4 nitrogen and oxygen atoms in total. The molecule has 2 rings (SSSR count). The minimum Gasteiger partial charge on any atom is -0.488 e. The van der Waals surface area contributed by atoms with Crippen molar-refractivity contribution >= 4 is 15.9 Å². The van der Waals surface area contributed by atoms with E-state index in [2.05, 4.69) is 20.9 Å². The van der Waals surface area contributed by atoms with Gasteiger partial charge in [0, 0.05) is 16.7 Å². The minimum absolute atomic E-state index is 0.0128. The molecule has 100 valence electrons. The fraction of sp³-hybridized carbons (Fsp3) is 0.214. The summed E-state index contributed by atoms with van der Waals surface area (Å²) in [7, 11) is 0. The lowest BCUT2D eigenvalue weighted by atomic mass is 10.3. The fourth-order valence-corrected chi connectivity index (χ4v) is 1.63. The van der Waals surface area contributed by atoms with Crippen molar-refractivity contribution < 1.29 is 14.6 Å². The third-order valence-electron chi connectivity index (χ3n) is 2.34. The van der Waals surface area contributed by atoms with E-state index in [1.165, 1.54) is 0 Å². The third kappa shape index (κ3) is 4.22. The van der Waals surface area contributed by atoms with Crippen LogP contribution in [0.15, 0.2) is 47.1 Å². The Morgan fingerprint density at radius 1 is 1.16 bits per heavy atom. The summed E-state index contributed by atoms with van der Waals surface area (Å²) in [5, 5.41) is 8.91. The highest BCUT2D eigenvalue weighted by Gasteiger charge is 2.03. The number of nitrogens with zero attached hydrogens (tertiary/aromatic N) is 1. The zero-order valence-electron chi connectivity index (χ0n) is 10.4. The van der Waals surface area contributed by atoms with Crippen molar-refractivity contribution in [2.75, 3.05) is 6.61 Å². The van der Waals surface area contributed by atoms with Crippen LogP contribution in [0, 0.1) is 0 Å². The van der Waals surface area contributed by atoms with E-state index in [0.717, 1.165) is 4.47 Å². The van der Waals surface area contributed by atoms with Crippen LogP contribution >= 0.6 is 15.9 Å². The molecule has 5 heteroatoms. The highest BCUT2D eigenvalue weighted by molar-refractivity contribution is 9.10. The summed E-state index contributed by atoms with van der Waals surface area (Å²) in [4.78, 5) is 4.12. The van der Waals surface area contributed by atoms with Crippen LogP contribution in [0.3, 0.4) is 0 Å². The van der Waals surface area contributed by atoms with Gasteiger partial charge in [-0.05, 0) is 53.2 Å². The molecular formula is C14H14BrNO3. The molecule has 0 aliphatic rings. The van der Waals surface area contributed by atoms with Gasteiger partial charge in [0.2, 0.25) is 5.88 Å². The van der Waals surface area contributed by atoms with E-state index < -0.39 is 0 Å². The number of rotatable bonds is 5. The molecule has 1 aromatic carbocycles. The Balaban J connectivity index is 2.00. The van der Waals surface area contributed by atoms with Gasteiger partial charge in [0.25, 0.3) is 0 Å². The molecule has 0 radical (unpaired) electrons. The van der Waals surface area contributed by atoms with E-state index in [-0.39, 0.29) is 12.7 Å². The number of halogens is 1. The first-order valence-corrected chi connectivity index (χ1v) is 6.63. The van der Waals surface area contributed by atoms with E-state index in [0.29, 0.717) is 17.4 Å². The molecule has 0 saturated heterocycles. The fourth-order valence-electron chi connectivity index (χ4n) is 1.40. The van der Waals surface area contributed by atoms with E-state index in [9.17, 15) is 0 Å². The largest absolute Gasteiger partial charge is 0.488 e. The first kappa shape index (κ1) is 13.8. The van der Waals surface area contributed by atoms with Gasteiger partial charge in [0.05, 0.1) is 6.61 Å². The lowest BCUT2D eigenvalue weighted by Gasteiger charge is -2.12. The number of aromatic nitrogens is 1. The number of hydrogen-bond acceptors (Lipinski definition) is 4. The standard InChI is InChI=1S/C14H14BrNO3/c1-10(9-17)18-12-3-5-13(6-4-12)19-14-7-2-11(15)8-16-14/h2-8,10,17H,9H2,1H3. The van der Waals surface area contributed by atoms with E-state index in [1.54, 1.807) is 43.5 Å². The summed E-state index contributed by atoms with van der Waals surface area (Å²) in [6.45, 7) is 1.79. The Kier molecular flexibility index (Phi) is 4.76. The Labute approximate surface area is 120 Å². The van der Waals surface area contributed by atoms with Gasteiger partial charge in [-0.2, -0.15) is 0 Å². The molecule has 0 aliphatic carbocycles. The van der Waals surface area contributed by atoms with Crippen molar-refractivity contribution in [2.24, 2.45) is 0 Å². The molecular weight excluding hydrogens is 310 g/mol. The predicted octanol–water partition coefficient (Wildman–Crippen LogP) is 3.40. The normalized spacial score (nSPS) is 11.9. The highest BCUT2D eigenvalue weighted by Crippen LogP contribution is 2.23. The van der Waals surface area contributed by atoms with Crippen molar-refractivity contribution in [1.82, 2.24) is 4.98 Å². The third-order valence-corrected chi connectivity index (χ3v) is 2.81. The van der Waals surface area contributed by atoms with Crippen LogP contribution in [0.5, 0.6) is 17.4 Å². The van der Waals surface area contributed by atoms with Crippen LogP contribution in [0.4, 0.5) is 0 Å². The van der Waals surface area contributed by atoms with Gasteiger partial charge in [0.1, 0.15) is 17.6 Å². The zero-order valence-corrected chi connectivity index (χ0v) is 12.0. The average Bonchev–Trinajstić information content (AvgIpc) is 2.43. The summed E-state index contributed by atoms with van der Waals surface area (Å²) in [6.07, 6.45) is 1.45. The van der Waals surface area contributed by atoms with Gasteiger partial charge in [-0.25, -0.2) is 4.98 Å².